The third kappa shape index (κ3) is 4.04. The highest BCUT2D eigenvalue weighted by Gasteiger charge is 2.19. The first-order chi connectivity index (χ1) is 13.7. The standard InChI is InChI=1S/C21H23N5O2/c1-28-20(27)14-25-10-12-26(13-11-25)17-8-6-16(7-9-17)24-21-18-4-2-3-5-19(18)22-15-23-21/h2-9,15H,10-14H2,1H3,(H,22,23,24). The smallest absolute Gasteiger partial charge is 0.319 e. The molecule has 2 heterocycles. The van der Waals surface area contributed by atoms with Crippen LogP contribution in [0.4, 0.5) is 17.2 Å². The van der Waals surface area contributed by atoms with E-state index in [-0.39, 0.29) is 5.97 Å². The fourth-order valence-electron chi connectivity index (χ4n) is 3.41. The Morgan fingerprint density at radius 1 is 1.04 bits per heavy atom. The van der Waals surface area contributed by atoms with Gasteiger partial charge >= 0.3 is 5.97 Å². The van der Waals surface area contributed by atoms with Gasteiger partial charge in [0, 0.05) is 42.9 Å². The van der Waals surface area contributed by atoms with E-state index in [1.165, 1.54) is 12.8 Å². The van der Waals surface area contributed by atoms with Crippen molar-refractivity contribution in [1.29, 1.82) is 0 Å². The maximum atomic E-state index is 11.4. The number of fused-ring (bicyclic) bond motifs is 1. The van der Waals surface area contributed by atoms with Gasteiger partial charge in [0.1, 0.15) is 12.1 Å². The highest BCUT2D eigenvalue weighted by molar-refractivity contribution is 5.90. The summed E-state index contributed by atoms with van der Waals surface area (Å²) in [5, 5.41) is 4.38. The van der Waals surface area contributed by atoms with Crippen LogP contribution in [0.2, 0.25) is 0 Å². The van der Waals surface area contributed by atoms with Gasteiger partial charge in [-0.3, -0.25) is 9.69 Å². The van der Waals surface area contributed by atoms with Gasteiger partial charge in [0.05, 0.1) is 19.2 Å². The molecule has 1 fully saturated rings. The normalized spacial score (nSPS) is 14.8. The molecule has 3 aromatic rings. The monoisotopic (exact) mass is 377 g/mol. The molecular formula is C21H23N5O2. The van der Waals surface area contributed by atoms with Gasteiger partial charge in [-0.1, -0.05) is 12.1 Å². The first kappa shape index (κ1) is 18.2. The molecule has 7 nitrogen and oxygen atoms in total. The molecule has 4 rings (SSSR count). The minimum atomic E-state index is -0.180. The van der Waals surface area contributed by atoms with E-state index in [2.05, 4.69) is 49.4 Å². The maximum absolute atomic E-state index is 11.4. The van der Waals surface area contributed by atoms with Crippen LogP contribution in [-0.4, -0.2) is 60.7 Å². The van der Waals surface area contributed by atoms with Crippen molar-refractivity contribution in [3.05, 3.63) is 54.9 Å². The lowest BCUT2D eigenvalue weighted by atomic mass is 10.2. The van der Waals surface area contributed by atoms with Gasteiger partial charge in [0.25, 0.3) is 0 Å². The van der Waals surface area contributed by atoms with E-state index in [1.807, 2.05) is 24.3 Å². The number of benzene rings is 2. The van der Waals surface area contributed by atoms with Crippen molar-refractivity contribution in [2.24, 2.45) is 0 Å². The number of nitrogens with one attached hydrogen (secondary N) is 1. The molecule has 7 heteroatoms. The molecule has 1 N–H and O–H groups in total. The van der Waals surface area contributed by atoms with E-state index < -0.39 is 0 Å². The van der Waals surface area contributed by atoms with Crippen molar-refractivity contribution in [2.75, 3.05) is 50.1 Å². The number of anilines is 3. The lowest BCUT2D eigenvalue weighted by Gasteiger charge is -2.35. The summed E-state index contributed by atoms with van der Waals surface area (Å²) in [6.07, 6.45) is 1.58. The molecule has 1 saturated heterocycles. The summed E-state index contributed by atoms with van der Waals surface area (Å²) in [6.45, 7) is 3.84. The van der Waals surface area contributed by atoms with Crippen LogP contribution in [-0.2, 0) is 9.53 Å². The highest BCUT2D eigenvalue weighted by Crippen LogP contribution is 2.25. The van der Waals surface area contributed by atoms with Crippen LogP contribution >= 0.6 is 0 Å². The zero-order chi connectivity index (χ0) is 19.3. The van der Waals surface area contributed by atoms with E-state index in [0.29, 0.717) is 6.54 Å². The van der Waals surface area contributed by atoms with Crippen LogP contribution in [0.3, 0.4) is 0 Å². The first-order valence-electron chi connectivity index (χ1n) is 9.34. The van der Waals surface area contributed by atoms with Gasteiger partial charge in [0.15, 0.2) is 0 Å². The Bertz CT molecular complexity index is 947. The molecule has 1 aromatic heterocycles. The van der Waals surface area contributed by atoms with Gasteiger partial charge in [0.2, 0.25) is 0 Å². The number of para-hydroxylation sites is 1. The molecule has 2 aromatic carbocycles. The predicted molar refractivity (Wildman–Crippen MR) is 110 cm³/mol. The largest absolute Gasteiger partial charge is 0.468 e. The summed E-state index contributed by atoms with van der Waals surface area (Å²) >= 11 is 0. The van der Waals surface area contributed by atoms with E-state index in [4.69, 9.17) is 4.74 Å². The number of rotatable bonds is 5. The van der Waals surface area contributed by atoms with Crippen LogP contribution in [0.5, 0.6) is 0 Å². The lowest BCUT2D eigenvalue weighted by Crippen LogP contribution is -2.48. The molecule has 0 amide bonds. The van der Waals surface area contributed by atoms with Crippen molar-refractivity contribution in [3.8, 4) is 0 Å². The van der Waals surface area contributed by atoms with Gasteiger partial charge in [-0.05, 0) is 36.4 Å². The second-order valence-corrected chi connectivity index (χ2v) is 6.75. The van der Waals surface area contributed by atoms with Crippen molar-refractivity contribution in [2.45, 2.75) is 0 Å². The average Bonchev–Trinajstić information content (AvgIpc) is 2.75. The molecular weight excluding hydrogens is 354 g/mol. The topological polar surface area (TPSA) is 70.6 Å². The fraction of sp³-hybridized carbons (Fsp3) is 0.286. The van der Waals surface area contributed by atoms with Crippen molar-refractivity contribution < 1.29 is 9.53 Å². The minimum absolute atomic E-state index is 0.180. The molecule has 0 spiro atoms. The van der Waals surface area contributed by atoms with Gasteiger partial charge in [-0.2, -0.15) is 0 Å². The lowest BCUT2D eigenvalue weighted by molar-refractivity contribution is -0.142. The van der Waals surface area contributed by atoms with Crippen LogP contribution in [0.1, 0.15) is 0 Å². The van der Waals surface area contributed by atoms with Gasteiger partial charge in [-0.15, -0.1) is 0 Å². The number of esters is 1. The highest BCUT2D eigenvalue weighted by atomic mass is 16.5. The summed E-state index contributed by atoms with van der Waals surface area (Å²) in [7, 11) is 1.43. The SMILES string of the molecule is COC(=O)CN1CCN(c2ccc(Nc3ncnc4ccccc34)cc2)CC1. The summed E-state index contributed by atoms with van der Waals surface area (Å²) in [6, 6.07) is 16.3. The molecule has 28 heavy (non-hydrogen) atoms. The maximum Gasteiger partial charge on any atom is 0.319 e. The van der Waals surface area contributed by atoms with Gasteiger partial charge in [-0.25, -0.2) is 9.97 Å². The van der Waals surface area contributed by atoms with Crippen LogP contribution in [0.25, 0.3) is 10.9 Å². The van der Waals surface area contributed by atoms with Crippen LogP contribution in [0, 0.1) is 0 Å². The fourth-order valence-corrected chi connectivity index (χ4v) is 3.41. The second kappa shape index (κ2) is 8.22. The Morgan fingerprint density at radius 3 is 2.54 bits per heavy atom. The number of carbonyl (C=O) groups excluding carboxylic acids is 1. The number of nitrogens with zero attached hydrogens (tertiary/aromatic N) is 4. The summed E-state index contributed by atoms with van der Waals surface area (Å²) in [5.74, 6) is 0.621. The first-order valence-corrected chi connectivity index (χ1v) is 9.34. The number of carbonyl (C=O) groups is 1. The third-order valence-electron chi connectivity index (χ3n) is 4.99. The van der Waals surface area contributed by atoms with Crippen molar-refractivity contribution >= 4 is 34.1 Å². The number of aromatic nitrogens is 2. The van der Waals surface area contributed by atoms with Gasteiger partial charge < -0.3 is 15.0 Å². The molecule has 0 aliphatic carbocycles. The zero-order valence-corrected chi connectivity index (χ0v) is 15.8. The Labute approximate surface area is 164 Å². The summed E-state index contributed by atoms with van der Waals surface area (Å²) in [4.78, 5) is 24.5. The molecule has 0 unspecified atom stereocenters. The molecule has 0 atom stereocenters. The van der Waals surface area contributed by atoms with E-state index in [1.54, 1.807) is 6.33 Å². The molecule has 0 radical (unpaired) electrons. The number of hydrogen-bond acceptors (Lipinski definition) is 7. The Balaban J connectivity index is 1.40. The predicted octanol–water partition coefficient (Wildman–Crippen LogP) is 2.67. The quantitative estimate of drug-likeness (QED) is 0.686. The van der Waals surface area contributed by atoms with E-state index in [9.17, 15) is 4.79 Å². The van der Waals surface area contributed by atoms with Crippen LogP contribution in [0.15, 0.2) is 54.9 Å². The second-order valence-electron chi connectivity index (χ2n) is 6.75. The average molecular weight is 377 g/mol. The zero-order valence-electron chi connectivity index (χ0n) is 15.8. The van der Waals surface area contributed by atoms with Crippen molar-refractivity contribution in [3.63, 3.8) is 0 Å². The molecule has 0 bridgehead atoms. The third-order valence-corrected chi connectivity index (χ3v) is 4.99. The Morgan fingerprint density at radius 2 is 1.79 bits per heavy atom. The Kier molecular flexibility index (Phi) is 5.34. The molecule has 0 saturated carbocycles. The number of piperazine rings is 1. The van der Waals surface area contributed by atoms with Crippen molar-refractivity contribution in [1.82, 2.24) is 14.9 Å². The number of methoxy groups -OCH3 is 1. The molecule has 1 aliphatic heterocycles. The summed E-state index contributed by atoms with van der Waals surface area (Å²) < 4.78 is 4.74. The molecule has 144 valence electrons. The van der Waals surface area contributed by atoms with Crippen LogP contribution < -0.4 is 10.2 Å². The molecule has 1 aliphatic rings. The van der Waals surface area contributed by atoms with E-state index >= 15 is 0 Å². The number of ether oxygens (including phenoxy) is 1. The Hall–Kier alpha value is -3.19. The summed E-state index contributed by atoms with van der Waals surface area (Å²) in [5.41, 5.74) is 3.08. The minimum Gasteiger partial charge on any atom is -0.468 e. The number of hydrogen-bond donors (Lipinski definition) is 1. The van der Waals surface area contributed by atoms with E-state index in [0.717, 1.165) is 48.6 Å².